The second-order valence-electron chi connectivity index (χ2n) is 8.74. The molecule has 39 heavy (non-hydrogen) atoms. The first-order valence-corrected chi connectivity index (χ1v) is 12.9. The highest BCUT2D eigenvalue weighted by molar-refractivity contribution is 6.39. The Balaban J connectivity index is 1.56. The molecule has 3 aromatic rings. The number of hydrogen-bond donors (Lipinski definition) is 2. The Labute approximate surface area is 233 Å². The zero-order chi connectivity index (χ0) is 28.2. The molecule has 0 saturated heterocycles. The molecule has 204 valence electrons. The van der Waals surface area contributed by atoms with Gasteiger partial charge < -0.3 is 10.0 Å². The van der Waals surface area contributed by atoms with Crippen LogP contribution >= 0.6 is 23.2 Å². The van der Waals surface area contributed by atoms with Crippen molar-refractivity contribution in [2.24, 2.45) is 4.99 Å². The van der Waals surface area contributed by atoms with E-state index >= 15 is 0 Å². The number of carbonyl (C=O) groups excluding carboxylic acids is 1. The van der Waals surface area contributed by atoms with E-state index in [0.29, 0.717) is 42.2 Å². The van der Waals surface area contributed by atoms with Crippen molar-refractivity contribution in [2.75, 3.05) is 24.5 Å². The number of hydrogen-bond acceptors (Lipinski definition) is 5. The summed E-state index contributed by atoms with van der Waals surface area (Å²) in [4.78, 5) is 19.7. The lowest BCUT2D eigenvalue weighted by molar-refractivity contribution is -0.137. The van der Waals surface area contributed by atoms with Gasteiger partial charge in [0.05, 0.1) is 21.3 Å². The van der Waals surface area contributed by atoms with Crippen molar-refractivity contribution >= 4 is 46.7 Å². The van der Waals surface area contributed by atoms with E-state index in [1.54, 1.807) is 23.1 Å². The van der Waals surface area contributed by atoms with Gasteiger partial charge in [-0.2, -0.15) is 13.2 Å². The van der Waals surface area contributed by atoms with Gasteiger partial charge in [0.2, 0.25) is 0 Å². The summed E-state index contributed by atoms with van der Waals surface area (Å²) in [6, 6.07) is 17.3. The van der Waals surface area contributed by atoms with Crippen LogP contribution in [0, 0.1) is 0 Å². The molecule has 1 aliphatic heterocycles. The fraction of sp³-hybridized carbons (Fsp3) is 0.214. The zero-order valence-electron chi connectivity index (χ0n) is 20.8. The van der Waals surface area contributed by atoms with Crippen LogP contribution in [0.4, 0.5) is 18.9 Å². The van der Waals surface area contributed by atoms with E-state index in [4.69, 9.17) is 23.2 Å². The summed E-state index contributed by atoms with van der Waals surface area (Å²) in [5, 5.41) is 10.7. The molecule has 0 unspecified atom stereocenters. The Morgan fingerprint density at radius 2 is 1.67 bits per heavy atom. The molecule has 0 spiro atoms. The fourth-order valence-corrected chi connectivity index (χ4v) is 4.83. The summed E-state index contributed by atoms with van der Waals surface area (Å²) >= 11 is 12.5. The van der Waals surface area contributed by atoms with Gasteiger partial charge in [0.15, 0.2) is 5.84 Å². The maximum Gasteiger partial charge on any atom is 0.416 e. The van der Waals surface area contributed by atoms with Gasteiger partial charge >= 0.3 is 6.18 Å². The Bertz CT molecular complexity index is 1370. The van der Waals surface area contributed by atoms with Gasteiger partial charge in [-0.05, 0) is 42.3 Å². The van der Waals surface area contributed by atoms with Crippen LogP contribution in [0.1, 0.15) is 30.0 Å². The molecule has 1 aliphatic rings. The summed E-state index contributed by atoms with van der Waals surface area (Å²) in [6.45, 7) is 2.93. The smallest absolute Gasteiger partial charge is 0.416 e. The quantitative estimate of drug-likeness (QED) is 0.276. The van der Waals surface area contributed by atoms with Crippen molar-refractivity contribution in [2.45, 2.75) is 19.5 Å². The average molecular weight is 577 g/mol. The molecule has 0 aliphatic carbocycles. The number of phenolic OH excluding ortho intramolecular Hbond substituents is 1. The standard InChI is InChI=1S/C28H25Cl2F3N4O2/c1-2-13-36(25-22(29)16-20(17-23(25)30)28(31,32)33)14-12-34-37-26(19-6-4-3-5-7-19)35-24(27(37)39)15-18-8-10-21(38)11-9-18/h3-11,15-17,34,38H,2,12-14H2,1H3/b24-15-. The molecule has 0 radical (unpaired) electrons. The van der Waals surface area contributed by atoms with Crippen LogP contribution in [0.2, 0.25) is 10.0 Å². The minimum atomic E-state index is -4.57. The number of rotatable bonds is 9. The number of benzene rings is 3. The molecule has 0 saturated carbocycles. The first-order chi connectivity index (χ1) is 18.6. The minimum absolute atomic E-state index is 0.105. The maximum absolute atomic E-state index is 13.3. The second-order valence-corrected chi connectivity index (χ2v) is 9.56. The predicted molar refractivity (Wildman–Crippen MR) is 148 cm³/mol. The number of hydrazine groups is 1. The number of nitrogens with one attached hydrogen (secondary N) is 1. The molecule has 0 atom stereocenters. The monoisotopic (exact) mass is 576 g/mol. The molecule has 1 heterocycles. The van der Waals surface area contributed by atoms with Crippen LogP contribution < -0.4 is 10.3 Å². The summed E-state index contributed by atoms with van der Waals surface area (Å²) in [6.07, 6.45) is -2.26. The predicted octanol–water partition coefficient (Wildman–Crippen LogP) is 6.77. The summed E-state index contributed by atoms with van der Waals surface area (Å²) in [5.41, 5.74) is 4.08. The normalized spacial score (nSPS) is 14.7. The number of aliphatic imine (C=N–C) groups is 1. The van der Waals surface area contributed by atoms with Crippen molar-refractivity contribution in [1.29, 1.82) is 0 Å². The Kier molecular flexibility index (Phi) is 8.84. The van der Waals surface area contributed by atoms with Crippen LogP contribution in [-0.4, -0.2) is 41.5 Å². The van der Waals surface area contributed by atoms with Crippen molar-refractivity contribution in [3.05, 3.63) is 99.2 Å². The van der Waals surface area contributed by atoms with Gasteiger partial charge in [0, 0.05) is 25.2 Å². The number of carbonyl (C=O) groups is 1. The number of nitrogens with zero attached hydrogens (tertiary/aromatic N) is 3. The minimum Gasteiger partial charge on any atom is -0.508 e. The van der Waals surface area contributed by atoms with Gasteiger partial charge in [-0.3, -0.25) is 4.79 Å². The summed E-state index contributed by atoms with van der Waals surface area (Å²) in [5.74, 6) is 0.129. The van der Waals surface area contributed by atoms with Gasteiger partial charge in [-0.15, -0.1) is 0 Å². The fourth-order valence-electron chi connectivity index (χ4n) is 4.11. The number of phenols is 1. The van der Waals surface area contributed by atoms with Crippen molar-refractivity contribution in [3.63, 3.8) is 0 Å². The molecular weight excluding hydrogens is 552 g/mol. The Morgan fingerprint density at radius 3 is 2.26 bits per heavy atom. The highest BCUT2D eigenvalue weighted by atomic mass is 35.5. The summed E-state index contributed by atoms with van der Waals surface area (Å²) in [7, 11) is 0. The average Bonchev–Trinajstić information content (AvgIpc) is 3.19. The van der Waals surface area contributed by atoms with E-state index in [-0.39, 0.29) is 33.9 Å². The first kappa shape index (κ1) is 28.5. The molecule has 4 rings (SSSR count). The number of alkyl halides is 3. The number of aromatic hydroxyl groups is 1. The van der Waals surface area contributed by atoms with E-state index < -0.39 is 11.7 Å². The van der Waals surface area contributed by atoms with Crippen molar-refractivity contribution in [3.8, 4) is 5.75 Å². The third kappa shape index (κ3) is 6.73. The molecule has 0 aromatic heterocycles. The topological polar surface area (TPSA) is 68.2 Å². The van der Waals surface area contributed by atoms with Gasteiger partial charge in [-0.1, -0.05) is 72.6 Å². The van der Waals surface area contributed by atoms with Crippen LogP contribution in [0.3, 0.4) is 0 Å². The van der Waals surface area contributed by atoms with E-state index in [0.717, 1.165) is 12.1 Å². The number of amidine groups is 1. The number of amides is 1. The number of anilines is 1. The number of halogens is 5. The molecule has 1 amide bonds. The third-order valence-electron chi connectivity index (χ3n) is 5.89. The third-order valence-corrected chi connectivity index (χ3v) is 6.47. The molecule has 2 N–H and O–H groups in total. The maximum atomic E-state index is 13.3. The Morgan fingerprint density at radius 1 is 1.03 bits per heavy atom. The molecule has 11 heteroatoms. The Hall–Kier alpha value is -3.53. The molecule has 0 bridgehead atoms. The lowest BCUT2D eigenvalue weighted by Gasteiger charge is -2.28. The van der Waals surface area contributed by atoms with E-state index in [9.17, 15) is 23.1 Å². The highest BCUT2D eigenvalue weighted by Gasteiger charge is 2.33. The lowest BCUT2D eigenvalue weighted by atomic mass is 10.1. The van der Waals surface area contributed by atoms with Gasteiger partial charge in [0.25, 0.3) is 5.91 Å². The lowest BCUT2D eigenvalue weighted by Crippen LogP contribution is -2.47. The highest BCUT2D eigenvalue weighted by Crippen LogP contribution is 2.40. The summed E-state index contributed by atoms with van der Waals surface area (Å²) < 4.78 is 39.6. The van der Waals surface area contributed by atoms with Crippen molar-refractivity contribution < 1.29 is 23.1 Å². The molecule has 6 nitrogen and oxygen atoms in total. The molecular formula is C28H25Cl2F3N4O2. The van der Waals surface area contributed by atoms with Crippen LogP contribution in [0.25, 0.3) is 6.08 Å². The van der Waals surface area contributed by atoms with Crippen molar-refractivity contribution in [1.82, 2.24) is 10.4 Å². The van der Waals surface area contributed by atoms with Crippen LogP contribution in [-0.2, 0) is 11.0 Å². The van der Waals surface area contributed by atoms with Crippen LogP contribution in [0.5, 0.6) is 5.75 Å². The van der Waals surface area contributed by atoms with E-state index in [1.807, 2.05) is 37.3 Å². The van der Waals surface area contributed by atoms with Crippen LogP contribution in [0.15, 0.2) is 77.4 Å². The van der Waals surface area contributed by atoms with Gasteiger partial charge in [0.1, 0.15) is 11.4 Å². The van der Waals surface area contributed by atoms with E-state index in [1.165, 1.54) is 17.1 Å². The first-order valence-electron chi connectivity index (χ1n) is 12.1. The SMILES string of the molecule is CCCN(CCNN1C(=O)/C(=C/c2ccc(O)cc2)N=C1c1ccccc1)c1c(Cl)cc(C(F)(F)F)cc1Cl. The van der Waals surface area contributed by atoms with E-state index in [2.05, 4.69) is 10.4 Å². The zero-order valence-corrected chi connectivity index (χ0v) is 22.4. The molecule has 0 fully saturated rings. The molecule has 3 aromatic carbocycles. The second kappa shape index (κ2) is 12.1. The van der Waals surface area contributed by atoms with Gasteiger partial charge in [-0.25, -0.2) is 15.4 Å². The largest absolute Gasteiger partial charge is 0.508 e.